The third-order valence-corrected chi connectivity index (χ3v) is 1.19. The van der Waals surface area contributed by atoms with Gasteiger partial charge < -0.3 is 4.74 Å². The maximum atomic E-state index is 12.6. The lowest BCUT2D eigenvalue weighted by Gasteiger charge is -2.19. The predicted octanol–water partition coefficient (Wildman–Crippen LogP) is 1.15. The lowest BCUT2D eigenvalue weighted by Crippen LogP contribution is -2.33. The molecule has 0 radical (unpaired) electrons. The maximum Gasteiger partial charge on any atom is 0.488 e. The monoisotopic (exact) mass is 215 g/mol. The quantitative estimate of drug-likeness (QED) is 0.406. The standard InChI is InChI=1S/C5H5ClF3N3O/c6-5(8,9)13-4-1-3(7)12(10)2-11-4/h1H,2,10H2. The number of aliphatic imine (C=N–C) groups is 1. The van der Waals surface area contributed by atoms with Crippen LogP contribution < -0.4 is 5.84 Å². The SMILES string of the molecule is NN1CN=C(OC(F)(F)Cl)C=C1F. The highest BCUT2D eigenvalue weighted by Gasteiger charge is 2.30. The van der Waals surface area contributed by atoms with Crippen molar-refractivity contribution in [3.8, 4) is 0 Å². The summed E-state index contributed by atoms with van der Waals surface area (Å²) in [6, 6.07) is 0. The van der Waals surface area contributed by atoms with E-state index in [2.05, 4.69) is 21.3 Å². The Balaban J connectivity index is 2.65. The molecule has 0 unspecified atom stereocenters. The molecule has 0 amide bonds. The van der Waals surface area contributed by atoms with Crippen LogP contribution >= 0.6 is 11.6 Å². The molecule has 0 bridgehead atoms. The summed E-state index contributed by atoms with van der Waals surface area (Å²) in [5, 5.41) is 0.624. The van der Waals surface area contributed by atoms with Crippen LogP contribution in [-0.2, 0) is 4.74 Å². The fraction of sp³-hybridized carbons (Fsp3) is 0.400. The minimum atomic E-state index is -3.90. The maximum absolute atomic E-state index is 12.6. The average Bonchev–Trinajstić information content (AvgIpc) is 1.94. The van der Waals surface area contributed by atoms with Gasteiger partial charge in [0.1, 0.15) is 6.67 Å². The minimum absolute atomic E-state index is 0.301. The van der Waals surface area contributed by atoms with Crippen LogP contribution in [0.25, 0.3) is 0 Å². The lowest BCUT2D eigenvalue weighted by molar-refractivity contribution is -0.107. The van der Waals surface area contributed by atoms with Crippen molar-refractivity contribution in [3.63, 3.8) is 0 Å². The van der Waals surface area contributed by atoms with Gasteiger partial charge in [0.05, 0.1) is 6.08 Å². The fourth-order valence-electron chi connectivity index (χ4n) is 0.624. The van der Waals surface area contributed by atoms with Gasteiger partial charge in [-0.25, -0.2) is 10.8 Å². The highest BCUT2D eigenvalue weighted by atomic mass is 35.5. The van der Waals surface area contributed by atoms with E-state index in [1.165, 1.54) is 0 Å². The Bertz CT molecular complexity index is 262. The molecule has 1 aliphatic heterocycles. The predicted molar refractivity (Wildman–Crippen MR) is 39.4 cm³/mol. The second-order valence-electron chi connectivity index (χ2n) is 2.12. The summed E-state index contributed by atoms with van der Waals surface area (Å²) in [6.45, 7) is -0.301. The molecular formula is C5H5ClF3N3O. The van der Waals surface area contributed by atoms with Gasteiger partial charge in [-0.1, -0.05) is 0 Å². The number of rotatable bonds is 1. The van der Waals surface area contributed by atoms with Crippen LogP contribution in [0.3, 0.4) is 0 Å². The molecule has 4 nitrogen and oxygen atoms in total. The van der Waals surface area contributed by atoms with Crippen LogP contribution in [-0.4, -0.2) is 23.1 Å². The number of alkyl halides is 3. The second kappa shape index (κ2) is 3.43. The van der Waals surface area contributed by atoms with Crippen LogP contribution in [0, 0.1) is 0 Å². The largest absolute Gasteiger partial charge is 0.488 e. The number of nitrogens with zero attached hydrogens (tertiary/aromatic N) is 2. The van der Waals surface area contributed by atoms with Gasteiger partial charge in [-0.05, 0) is 0 Å². The van der Waals surface area contributed by atoms with Gasteiger partial charge in [0.25, 0.3) is 0 Å². The first kappa shape index (κ1) is 10.1. The zero-order chi connectivity index (χ0) is 10.1. The zero-order valence-corrected chi connectivity index (χ0v) is 6.93. The van der Waals surface area contributed by atoms with Gasteiger partial charge in [0.2, 0.25) is 11.8 Å². The van der Waals surface area contributed by atoms with E-state index in [1.54, 1.807) is 0 Å². The summed E-state index contributed by atoms with van der Waals surface area (Å²) in [4.78, 5) is 3.36. The molecule has 2 N–H and O–H groups in total. The molecule has 0 saturated heterocycles. The highest BCUT2D eigenvalue weighted by molar-refractivity contribution is 6.21. The topological polar surface area (TPSA) is 50.8 Å². The van der Waals surface area contributed by atoms with Gasteiger partial charge in [-0.2, -0.15) is 4.39 Å². The first-order valence-electron chi connectivity index (χ1n) is 3.08. The Morgan fingerprint density at radius 2 is 2.31 bits per heavy atom. The van der Waals surface area contributed by atoms with E-state index in [4.69, 9.17) is 5.84 Å². The Labute approximate surface area is 76.4 Å². The van der Waals surface area contributed by atoms with Crippen LogP contribution in [0.2, 0.25) is 0 Å². The number of hydrazine groups is 1. The van der Waals surface area contributed by atoms with Crippen LogP contribution in [0.15, 0.2) is 17.0 Å². The molecule has 74 valence electrons. The second-order valence-corrected chi connectivity index (χ2v) is 2.56. The fourth-order valence-corrected chi connectivity index (χ4v) is 0.703. The molecule has 1 aliphatic rings. The molecule has 0 saturated carbocycles. The third-order valence-electron chi connectivity index (χ3n) is 1.12. The molecular weight excluding hydrogens is 211 g/mol. The van der Waals surface area contributed by atoms with Gasteiger partial charge >= 0.3 is 5.57 Å². The number of hydrogen-bond acceptors (Lipinski definition) is 4. The van der Waals surface area contributed by atoms with Gasteiger partial charge in [-0.3, -0.25) is 5.01 Å². The van der Waals surface area contributed by atoms with Crippen LogP contribution in [0.5, 0.6) is 0 Å². The average molecular weight is 216 g/mol. The smallest absolute Gasteiger partial charge is 0.402 e. The molecule has 13 heavy (non-hydrogen) atoms. The van der Waals surface area contributed by atoms with E-state index in [0.29, 0.717) is 11.1 Å². The van der Waals surface area contributed by atoms with Crippen molar-refractivity contribution in [2.45, 2.75) is 5.57 Å². The van der Waals surface area contributed by atoms with Crippen molar-refractivity contribution >= 4 is 17.5 Å². The molecule has 0 spiro atoms. The molecule has 0 atom stereocenters. The summed E-state index contributed by atoms with van der Waals surface area (Å²) in [6.07, 6.45) is 0.611. The van der Waals surface area contributed by atoms with Crippen molar-refractivity contribution in [3.05, 3.63) is 12.0 Å². The number of halogens is 4. The van der Waals surface area contributed by atoms with E-state index in [1.807, 2.05) is 0 Å². The Morgan fingerprint density at radius 1 is 1.69 bits per heavy atom. The molecule has 0 fully saturated rings. The molecule has 0 aliphatic carbocycles. The summed E-state index contributed by atoms with van der Waals surface area (Å²) in [7, 11) is 0. The van der Waals surface area contributed by atoms with Crippen LogP contribution in [0.4, 0.5) is 13.2 Å². The first-order chi connectivity index (χ1) is 5.88. The van der Waals surface area contributed by atoms with Crippen molar-refractivity contribution < 1.29 is 17.9 Å². The van der Waals surface area contributed by atoms with E-state index in [0.717, 1.165) is 0 Å². The van der Waals surface area contributed by atoms with Gasteiger partial charge in [-0.15, -0.1) is 8.78 Å². The first-order valence-corrected chi connectivity index (χ1v) is 3.46. The number of ether oxygens (including phenoxy) is 1. The van der Waals surface area contributed by atoms with Crippen molar-refractivity contribution in [1.82, 2.24) is 5.01 Å². The lowest BCUT2D eigenvalue weighted by atomic mass is 10.5. The molecule has 8 heteroatoms. The van der Waals surface area contributed by atoms with Crippen molar-refractivity contribution in [2.75, 3.05) is 6.67 Å². The third kappa shape index (κ3) is 3.11. The Morgan fingerprint density at radius 3 is 2.77 bits per heavy atom. The molecule has 0 aromatic rings. The van der Waals surface area contributed by atoms with Gasteiger partial charge in [0, 0.05) is 11.6 Å². The van der Waals surface area contributed by atoms with E-state index < -0.39 is 17.4 Å². The summed E-state index contributed by atoms with van der Waals surface area (Å²) in [5.41, 5.74) is -3.90. The summed E-state index contributed by atoms with van der Waals surface area (Å²) < 4.78 is 40.4. The van der Waals surface area contributed by atoms with E-state index >= 15 is 0 Å². The summed E-state index contributed by atoms with van der Waals surface area (Å²) in [5.74, 6) is 3.49. The Kier molecular flexibility index (Phi) is 2.67. The summed E-state index contributed by atoms with van der Waals surface area (Å²) >= 11 is 4.42. The number of hydrogen-bond donors (Lipinski definition) is 1. The van der Waals surface area contributed by atoms with E-state index in [-0.39, 0.29) is 6.67 Å². The Hall–Kier alpha value is -0.950. The number of nitrogens with two attached hydrogens (primary N) is 1. The minimum Gasteiger partial charge on any atom is -0.402 e. The van der Waals surface area contributed by atoms with E-state index in [9.17, 15) is 13.2 Å². The molecule has 1 heterocycles. The van der Waals surface area contributed by atoms with Crippen molar-refractivity contribution in [1.29, 1.82) is 0 Å². The highest BCUT2D eigenvalue weighted by Crippen LogP contribution is 2.22. The van der Waals surface area contributed by atoms with Crippen LogP contribution in [0.1, 0.15) is 0 Å². The normalized spacial score (nSPS) is 18.1. The zero-order valence-electron chi connectivity index (χ0n) is 6.18. The molecule has 0 aromatic carbocycles. The van der Waals surface area contributed by atoms with Crippen molar-refractivity contribution in [2.24, 2.45) is 10.8 Å². The molecule has 0 aromatic heterocycles. The van der Waals surface area contributed by atoms with Gasteiger partial charge in [0.15, 0.2) is 0 Å². The molecule has 1 rings (SSSR count).